The van der Waals surface area contributed by atoms with Crippen molar-refractivity contribution in [2.45, 2.75) is 29.7 Å². The molecule has 2 aromatic rings. The molecule has 0 saturated carbocycles. The number of alkyl halides is 6. The van der Waals surface area contributed by atoms with E-state index < -0.39 is 44.4 Å². The zero-order valence-electron chi connectivity index (χ0n) is 14.6. The molecule has 3 rings (SSSR count). The van der Waals surface area contributed by atoms with E-state index in [4.69, 9.17) is 0 Å². The van der Waals surface area contributed by atoms with Gasteiger partial charge in [-0.3, -0.25) is 0 Å². The van der Waals surface area contributed by atoms with Crippen LogP contribution in [0.3, 0.4) is 0 Å². The van der Waals surface area contributed by atoms with Crippen molar-refractivity contribution >= 4 is 15.8 Å². The van der Waals surface area contributed by atoms with Crippen molar-refractivity contribution in [3.05, 3.63) is 53.7 Å². The molecule has 1 saturated heterocycles. The largest absolute Gasteiger partial charge is 0.417 e. The predicted molar refractivity (Wildman–Crippen MR) is 91.6 cm³/mol. The number of hydrogen-bond acceptors (Lipinski definition) is 4. The summed E-state index contributed by atoms with van der Waals surface area (Å²) < 4.78 is 103. The molecule has 1 aliphatic heterocycles. The number of hydrogen-bond donors (Lipinski definition) is 1. The Balaban J connectivity index is 1.69. The molecule has 5 nitrogen and oxygen atoms in total. The van der Waals surface area contributed by atoms with E-state index in [-0.39, 0.29) is 12.4 Å². The molecule has 158 valence electrons. The summed E-state index contributed by atoms with van der Waals surface area (Å²) in [5.74, 6) is 0.249. The second-order valence-corrected chi connectivity index (χ2v) is 8.20. The summed E-state index contributed by atoms with van der Waals surface area (Å²) in [5.41, 5.74) is -1.98. The third kappa shape index (κ3) is 4.99. The fraction of sp³-hybridized carbons (Fsp3) is 0.353. The first-order valence-electron chi connectivity index (χ1n) is 8.34. The van der Waals surface area contributed by atoms with Gasteiger partial charge in [0.2, 0.25) is 10.0 Å². The van der Waals surface area contributed by atoms with Gasteiger partial charge in [0.25, 0.3) is 0 Å². The molecule has 1 N–H and O–H groups in total. The highest BCUT2D eigenvalue weighted by molar-refractivity contribution is 7.89. The van der Waals surface area contributed by atoms with Gasteiger partial charge < -0.3 is 4.90 Å². The van der Waals surface area contributed by atoms with Crippen LogP contribution in [0, 0.1) is 0 Å². The lowest BCUT2D eigenvalue weighted by atomic mass is 10.2. The molecule has 1 unspecified atom stereocenters. The second-order valence-electron chi connectivity index (χ2n) is 6.48. The van der Waals surface area contributed by atoms with Crippen LogP contribution in [0.1, 0.15) is 17.5 Å². The summed E-state index contributed by atoms with van der Waals surface area (Å²) in [5, 5.41) is 0. The maximum Gasteiger partial charge on any atom is 0.417 e. The minimum atomic E-state index is -4.68. The lowest BCUT2D eigenvalue weighted by molar-refractivity contribution is -0.138. The fourth-order valence-electron chi connectivity index (χ4n) is 2.93. The standard InChI is InChI=1S/C17H15F6N3O2S/c18-16(19,20)11-2-1-3-14(8-11)29(27,28)25-13-6-7-26(10-13)15-5-4-12(9-24-15)17(21,22)23/h1-5,8-9,13,25H,6-7,10H2. The Morgan fingerprint density at radius 1 is 1.00 bits per heavy atom. The average Bonchev–Trinajstić information content (AvgIpc) is 3.08. The molecular weight excluding hydrogens is 424 g/mol. The molecule has 12 heteroatoms. The Hall–Kier alpha value is -2.34. The van der Waals surface area contributed by atoms with Crippen molar-refractivity contribution in [3.63, 3.8) is 0 Å². The smallest absolute Gasteiger partial charge is 0.355 e. The Morgan fingerprint density at radius 2 is 1.69 bits per heavy atom. The number of anilines is 1. The molecule has 0 amide bonds. The third-order valence-corrected chi connectivity index (χ3v) is 5.90. The van der Waals surface area contributed by atoms with Crippen LogP contribution < -0.4 is 9.62 Å². The molecule has 2 heterocycles. The Kier molecular flexibility index (Phi) is 5.52. The van der Waals surface area contributed by atoms with E-state index in [9.17, 15) is 34.8 Å². The highest BCUT2D eigenvalue weighted by Crippen LogP contribution is 2.31. The summed E-state index contributed by atoms with van der Waals surface area (Å²) >= 11 is 0. The van der Waals surface area contributed by atoms with Gasteiger partial charge in [-0.1, -0.05) is 6.07 Å². The van der Waals surface area contributed by atoms with Crippen LogP contribution in [0.15, 0.2) is 47.5 Å². The van der Waals surface area contributed by atoms with Gasteiger partial charge in [-0.2, -0.15) is 26.3 Å². The highest BCUT2D eigenvalue weighted by Gasteiger charge is 2.34. The summed E-state index contributed by atoms with van der Waals surface area (Å²) in [4.78, 5) is 4.84. The zero-order valence-corrected chi connectivity index (χ0v) is 15.4. The minimum absolute atomic E-state index is 0.122. The molecule has 1 aromatic heterocycles. The molecule has 0 spiro atoms. The maximum atomic E-state index is 12.8. The monoisotopic (exact) mass is 439 g/mol. The number of rotatable bonds is 4. The predicted octanol–water partition coefficient (Wildman–Crippen LogP) is 3.68. The first-order valence-corrected chi connectivity index (χ1v) is 9.82. The third-order valence-electron chi connectivity index (χ3n) is 4.38. The van der Waals surface area contributed by atoms with Crippen molar-refractivity contribution in [2.24, 2.45) is 0 Å². The number of pyridine rings is 1. The van der Waals surface area contributed by atoms with Gasteiger partial charge in [0.1, 0.15) is 5.82 Å². The van der Waals surface area contributed by atoms with E-state index >= 15 is 0 Å². The van der Waals surface area contributed by atoms with E-state index in [0.29, 0.717) is 25.2 Å². The average molecular weight is 439 g/mol. The number of nitrogens with one attached hydrogen (secondary N) is 1. The molecule has 1 aromatic carbocycles. The normalized spacial score (nSPS) is 18.3. The van der Waals surface area contributed by atoms with Crippen molar-refractivity contribution in [1.82, 2.24) is 9.71 Å². The van der Waals surface area contributed by atoms with Crippen molar-refractivity contribution < 1.29 is 34.8 Å². The van der Waals surface area contributed by atoms with Gasteiger partial charge in [0.15, 0.2) is 0 Å². The number of sulfonamides is 1. The molecule has 0 bridgehead atoms. The zero-order chi connectivity index (χ0) is 21.4. The Morgan fingerprint density at radius 3 is 2.28 bits per heavy atom. The first kappa shape index (κ1) is 21.4. The summed E-state index contributed by atoms with van der Waals surface area (Å²) in [6.07, 6.45) is -8.18. The van der Waals surface area contributed by atoms with E-state index in [1.54, 1.807) is 4.90 Å². The summed E-state index contributed by atoms with van der Waals surface area (Å²) in [7, 11) is -4.20. The van der Waals surface area contributed by atoms with Crippen molar-refractivity contribution in [1.29, 1.82) is 0 Å². The second kappa shape index (κ2) is 7.48. The van der Waals surface area contributed by atoms with Crippen LogP contribution in [0.25, 0.3) is 0 Å². The topological polar surface area (TPSA) is 62.3 Å². The first-order chi connectivity index (χ1) is 13.4. The Labute approximate surface area is 162 Å². The van der Waals surface area contributed by atoms with E-state index in [0.717, 1.165) is 24.3 Å². The molecule has 1 aliphatic rings. The van der Waals surface area contributed by atoms with Gasteiger partial charge >= 0.3 is 12.4 Å². The molecule has 1 fully saturated rings. The van der Waals surface area contributed by atoms with Crippen LogP contribution in [-0.4, -0.2) is 32.5 Å². The molecule has 0 aliphatic carbocycles. The maximum absolute atomic E-state index is 12.8. The van der Waals surface area contributed by atoms with Gasteiger partial charge in [0, 0.05) is 25.3 Å². The van der Waals surface area contributed by atoms with E-state index in [2.05, 4.69) is 9.71 Å². The van der Waals surface area contributed by atoms with E-state index in [1.165, 1.54) is 6.07 Å². The van der Waals surface area contributed by atoms with Gasteiger partial charge in [-0.25, -0.2) is 18.1 Å². The lowest BCUT2D eigenvalue weighted by Gasteiger charge is -2.19. The van der Waals surface area contributed by atoms with Gasteiger partial charge in [-0.15, -0.1) is 0 Å². The lowest BCUT2D eigenvalue weighted by Crippen LogP contribution is -2.37. The number of halogens is 6. The van der Waals surface area contributed by atoms with Crippen LogP contribution in [0.5, 0.6) is 0 Å². The molecule has 0 radical (unpaired) electrons. The van der Waals surface area contributed by atoms with Crippen molar-refractivity contribution in [3.8, 4) is 0 Å². The molecule has 29 heavy (non-hydrogen) atoms. The van der Waals surface area contributed by atoms with Crippen LogP contribution >= 0.6 is 0 Å². The van der Waals surface area contributed by atoms with Crippen LogP contribution in [0.4, 0.5) is 32.2 Å². The summed E-state index contributed by atoms with van der Waals surface area (Å²) in [6.45, 7) is 0.449. The fourth-order valence-corrected chi connectivity index (χ4v) is 4.24. The Bertz CT molecular complexity index is 974. The number of aromatic nitrogens is 1. The van der Waals surface area contributed by atoms with E-state index in [1.807, 2.05) is 0 Å². The SMILES string of the molecule is O=S(=O)(NC1CCN(c2ccc(C(F)(F)F)cn2)C1)c1cccc(C(F)(F)F)c1. The van der Waals surface area contributed by atoms with Gasteiger partial charge in [0.05, 0.1) is 16.0 Å². The number of nitrogens with zero attached hydrogens (tertiary/aromatic N) is 2. The minimum Gasteiger partial charge on any atom is -0.355 e. The van der Waals surface area contributed by atoms with Crippen molar-refractivity contribution in [2.75, 3.05) is 18.0 Å². The molecule has 1 atom stereocenters. The van der Waals surface area contributed by atoms with Gasteiger partial charge in [-0.05, 0) is 36.8 Å². The van der Waals surface area contributed by atoms with Crippen LogP contribution in [-0.2, 0) is 22.4 Å². The summed E-state index contributed by atoms with van der Waals surface area (Å²) in [6, 6.07) is 4.82. The highest BCUT2D eigenvalue weighted by atomic mass is 32.2. The van der Waals surface area contributed by atoms with Crippen LogP contribution in [0.2, 0.25) is 0 Å². The number of benzene rings is 1. The molecular formula is C17H15F6N3O2S. The quantitative estimate of drug-likeness (QED) is 0.739.